The van der Waals surface area contributed by atoms with Crippen LogP contribution < -0.4 is 38.5 Å². The van der Waals surface area contributed by atoms with Crippen molar-refractivity contribution in [1.82, 2.24) is 21.3 Å². The number of guanidine groups is 1. The Morgan fingerprint density at radius 2 is 1.26 bits per heavy atom. The number of nitrogens with one attached hydrogen (secondary N) is 4. The van der Waals surface area contributed by atoms with Crippen molar-refractivity contribution in [3.63, 3.8) is 0 Å². The molecule has 16 heteroatoms. The summed E-state index contributed by atoms with van der Waals surface area (Å²) >= 11 is 0. The van der Waals surface area contributed by atoms with Crippen molar-refractivity contribution < 1.29 is 39.3 Å². The van der Waals surface area contributed by atoms with Crippen molar-refractivity contribution in [2.75, 3.05) is 13.2 Å². The van der Waals surface area contributed by atoms with Gasteiger partial charge in [0.1, 0.15) is 24.2 Å². The highest BCUT2D eigenvalue weighted by atomic mass is 16.4. The maximum absolute atomic E-state index is 12.9. The number of aliphatic carboxylic acids is 1. The molecule has 0 aromatic carbocycles. The van der Waals surface area contributed by atoms with Crippen LogP contribution in [0.15, 0.2) is 4.99 Å². The van der Waals surface area contributed by atoms with Crippen LogP contribution >= 0.6 is 0 Å². The summed E-state index contributed by atoms with van der Waals surface area (Å²) in [4.78, 5) is 66.0. The van der Waals surface area contributed by atoms with E-state index in [0.717, 1.165) is 0 Å². The zero-order valence-electron chi connectivity index (χ0n) is 23.0. The SMILES string of the molecule is CC(C)[C@H](NC(=O)[C@@H](NC(=O)[C@@H](NC(=O)[C@H](CO)NC(=O)[C@@H](N)CCCN=C(N)N)[C@@H](C)O)C(C)C)C(=O)O. The minimum atomic E-state index is -1.58. The molecule has 0 unspecified atom stereocenters. The average Bonchev–Trinajstić information content (AvgIpc) is 2.83. The van der Waals surface area contributed by atoms with Crippen LogP contribution in [0, 0.1) is 11.8 Å². The lowest BCUT2D eigenvalue weighted by Gasteiger charge is -2.29. The highest BCUT2D eigenvalue weighted by Gasteiger charge is 2.35. The lowest BCUT2D eigenvalue weighted by atomic mass is 9.99. The minimum absolute atomic E-state index is 0.109. The molecule has 0 aliphatic carbocycles. The molecule has 224 valence electrons. The van der Waals surface area contributed by atoms with E-state index in [2.05, 4.69) is 26.3 Å². The molecule has 0 radical (unpaired) electrons. The van der Waals surface area contributed by atoms with Gasteiger partial charge in [-0.1, -0.05) is 27.7 Å². The Kier molecular flexibility index (Phi) is 15.6. The van der Waals surface area contributed by atoms with Gasteiger partial charge in [0.2, 0.25) is 23.6 Å². The van der Waals surface area contributed by atoms with Gasteiger partial charge in [-0.3, -0.25) is 24.2 Å². The maximum Gasteiger partial charge on any atom is 0.326 e. The first kappa shape index (κ1) is 35.5. The fourth-order valence-corrected chi connectivity index (χ4v) is 3.32. The number of hydrogen-bond acceptors (Lipinski definition) is 9. The maximum atomic E-state index is 12.9. The standard InChI is InChI=1S/C23H44N8O8/c1-10(2)15(20(36)30-16(11(3)4)22(38)39)29-21(37)17(12(5)33)31-19(35)14(9-32)28-18(34)13(24)7-6-8-27-23(25)26/h10-17,32-33H,6-9,24H2,1-5H3,(H,28,34)(H,29,37)(H,30,36)(H,31,35)(H,38,39)(H4,25,26,27)/t12-,13+,14+,15+,16+,17+/m1/s1. The van der Waals surface area contributed by atoms with Crippen molar-refractivity contribution >= 4 is 35.6 Å². The monoisotopic (exact) mass is 560 g/mol. The molecule has 0 aromatic rings. The lowest BCUT2D eigenvalue weighted by molar-refractivity contribution is -0.144. The van der Waals surface area contributed by atoms with E-state index in [9.17, 15) is 39.3 Å². The molecule has 0 fully saturated rings. The van der Waals surface area contributed by atoms with Crippen LogP contribution in [-0.4, -0.2) is 100 Å². The average molecular weight is 561 g/mol. The molecule has 0 heterocycles. The fourth-order valence-electron chi connectivity index (χ4n) is 3.32. The molecule has 16 nitrogen and oxygen atoms in total. The molecule has 4 amide bonds. The molecule has 0 saturated heterocycles. The molecule has 0 aromatic heterocycles. The second-order valence-corrected chi connectivity index (χ2v) is 9.82. The largest absolute Gasteiger partial charge is 0.480 e. The third-order valence-electron chi connectivity index (χ3n) is 5.66. The van der Waals surface area contributed by atoms with Crippen molar-refractivity contribution in [1.29, 1.82) is 0 Å². The summed E-state index contributed by atoms with van der Waals surface area (Å²) in [6, 6.07) is -6.51. The molecule has 13 N–H and O–H groups in total. The van der Waals surface area contributed by atoms with E-state index in [-0.39, 0.29) is 18.9 Å². The predicted octanol–water partition coefficient (Wildman–Crippen LogP) is -3.92. The number of carbonyl (C=O) groups excluding carboxylic acids is 4. The Labute approximate surface area is 227 Å². The molecule has 6 atom stereocenters. The van der Waals surface area contributed by atoms with Gasteiger partial charge in [-0.05, 0) is 31.6 Å². The van der Waals surface area contributed by atoms with Crippen molar-refractivity contribution in [3.05, 3.63) is 0 Å². The molecular weight excluding hydrogens is 516 g/mol. The molecule has 0 rings (SSSR count). The Balaban J connectivity index is 5.38. The van der Waals surface area contributed by atoms with Gasteiger partial charge < -0.3 is 53.8 Å². The van der Waals surface area contributed by atoms with E-state index in [1.807, 2.05) is 0 Å². The second-order valence-electron chi connectivity index (χ2n) is 9.82. The number of aliphatic imine (C=N–C) groups is 1. The van der Waals surface area contributed by atoms with Crippen LogP contribution in [0.3, 0.4) is 0 Å². The molecule has 0 aliphatic rings. The third kappa shape index (κ3) is 12.7. The molecule has 39 heavy (non-hydrogen) atoms. The number of amides is 4. The topological polar surface area (TPSA) is 285 Å². The number of nitrogens with zero attached hydrogens (tertiary/aromatic N) is 1. The van der Waals surface area contributed by atoms with Crippen molar-refractivity contribution in [3.8, 4) is 0 Å². The third-order valence-corrected chi connectivity index (χ3v) is 5.66. The predicted molar refractivity (Wildman–Crippen MR) is 142 cm³/mol. The Morgan fingerprint density at radius 3 is 1.69 bits per heavy atom. The highest BCUT2D eigenvalue weighted by molar-refractivity contribution is 5.95. The number of aliphatic hydroxyl groups excluding tert-OH is 2. The Morgan fingerprint density at radius 1 is 0.769 bits per heavy atom. The number of carboxylic acids is 1. The van der Waals surface area contributed by atoms with Gasteiger partial charge in [0.25, 0.3) is 0 Å². The van der Waals surface area contributed by atoms with Crippen LogP contribution in [-0.2, 0) is 24.0 Å². The van der Waals surface area contributed by atoms with Gasteiger partial charge in [0, 0.05) is 6.54 Å². The summed E-state index contributed by atoms with van der Waals surface area (Å²) in [7, 11) is 0. The van der Waals surface area contributed by atoms with Crippen LogP contribution in [0.5, 0.6) is 0 Å². The van der Waals surface area contributed by atoms with Crippen LogP contribution in [0.4, 0.5) is 0 Å². The summed E-state index contributed by atoms with van der Waals surface area (Å²) in [6.07, 6.45) is -0.888. The minimum Gasteiger partial charge on any atom is -0.480 e. The summed E-state index contributed by atoms with van der Waals surface area (Å²) in [5, 5.41) is 38.4. The van der Waals surface area contributed by atoms with Gasteiger partial charge in [-0.25, -0.2) is 4.79 Å². The van der Waals surface area contributed by atoms with Gasteiger partial charge in [0.15, 0.2) is 5.96 Å². The molecule has 0 spiro atoms. The van der Waals surface area contributed by atoms with Crippen LogP contribution in [0.25, 0.3) is 0 Å². The van der Waals surface area contributed by atoms with E-state index >= 15 is 0 Å². The second kappa shape index (κ2) is 17.2. The number of nitrogens with two attached hydrogens (primary N) is 3. The first-order valence-corrected chi connectivity index (χ1v) is 12.6. The smallest absolute Gasteiger partial charge is 0.326 e. The zero-order chi connectivity index (χ0) is 30.4. The normalized spacial score (nSPS) is 15.7. The Hall–Kier alpha value is -3.50. The number of hydrogen-bond donors (Lipinski definition) is 10. The molecular formula is C23H44N8O8. The lowest BCUT2D eigenvalue weighted by Crippen LogP contribution is -2.62. The number of carbonyl (C=O) groups is 5. The Bertz CT molecular complexity index is 876. The number of rotatable bonds is 17. The van der Waals surface area contributed by atoms with E-state index in [1.165, 1.54) is 6.92 Å². The number of aliphatic hydroxyl groups is 2. The van der Waals surface area contributed by atoms with Crippen LogP contribution in [0.1, 0.15) is 47.5 Å². The van der Waals surface area contributed by atoms with E-state index in [4.69, 9.17) is 17.2 Å². The van der Waals surface area contributed by atoms with Gasteiger partial charge >= 0.3 is 5.97 Å². The van der Waals surface area contributed by atoms with Crippen LogP contribution in [0.2, 0.25) is 0 Å². The van der Waals surface area contributed by atoms with Gasteiger partial charge in [-0.2, -0.15) is 0 Å². The first-order valence-electron chi connectivity index (χ1n) is 12.6. The zero-order valence-corrected chi connectivity index (χ0v) is 23.0. The summed E-state index contributed by atoms with van der Waals surface area (Å²) in [6.45, 7) is 7.06. The summed E-state index contributed by atoms with van der Waals surface area (Å²) in [5.74, 6) is -5.71. The molecule has 0 bridgehead atoms. The summed E-state index contributed by atoms with van der Waals surface area (Å²) < 4.78 is 0. The number of carboxylic acid groups (broad SMARTS) is 1. The molecule has 0 saturated carbocycles. The van der Waals surface area contributed by atoms with Crippen molar-refractivity contribution in [2.45, 2.75) is 83.8 Å². The molecule has 0 aliphatic heterocycles. The highest BCUT2D eigenvalue weighted by Crippen LogP contribution is 2.08. The van der Waals surface area contributed by atoms with E-state index in [1.54, 1.807) is 27.7 Å². The van der Waals surface area contributed by atoms with Gasteiger partial charge in [0.05, 0.1) is 18.8 Å². The summed E-state index contributed by atoms with van der Waals surface area (Å²) in [5.41, 5.74) is 16.2. The van der Waals surface area contributed by atoms with E-state index in [0.29, 0.717) is 6.42 Å². The fraction of sp³-hybridized carbons (Fsp3) is 0.739. The van der Waals surface area contributed by atoms with E-state index < -0.39 is 84.4 Å². The van der Waals surface area contributed by atoms with Gasteiger partial charge in [-0.15, -0.1) is 0 Å². The first-order chi connectivity index (χ1) is 18.0. The van der Waals surface area contributed by atoms with Crippen molar-refractivity contribution in [2.24, 2.45) is 34.0 Å². The quantitative estimate of drug-likeness (QED) is 0.0465.